The Kier molecular flexibility index (Phi) is 5.54. The second-order valence-electron chi connectivity index (χ2n) is 5.34. The van der Waals surface area contributed by atoms with E-state index >= 15 is 0 Å². The molecule has 0 spiro atoms. The summed E-state index contributed by atoms with van der Waals surface area (Å²) in [6.07, 6.45) is 3.75. The molecule has 108 valence electrons. The molecule has 0 fully saturated rings. The van der Waals surface area contributed by atoms with Crippen LogP contribution in [0.1, 0.15) is 45.7 Å². The molecule has 0 aliphatic heterocycles. The van der Waals surface area contributed by atoms with Gasteiger partial charge in [-0.15, -0.1) is 0 Å². The highest BCUT2D eigenvalue weighted by Gasteiger charge is 2.36. The quantitative estimate of drug-likeness (QED) is 0.757. The minimum absolute atomic E-state index is 0.155. The van der Waals surface area contributed by atoms with Crippen LogP contribution < -0.4 is 5.32 Å². The van der Waals surface area contributed by atoms with E-state index in [-0.39, 0.29) is 6.04 Å². The number of carbonyl (C=O) groups is 1. The van der Waals surface area contributed by atoms with Gasteiger partial charge in [-0.3, -0.25) is 14.8 Å². The van der Waals surface area contributed by atoms with Crippen LogP contribution >= 0.6 is 0 Å². The summed E-state index contributed by atoms with van der Waals surface area (Å²) in [7, 11) is 0. The van der Waals surface area contributed by atoms with Gasteiger partial charge in [-0.25, -0.2) is 0 Å². The molecule has 0 aliphatic carbocycles. The molecule has 5 nitrogen and oxygen atoms in total. The van der Waals surface area contributed by atoms with Crippen molar-refractivity contribution in [2.45, 2.75) is 65.1 Å². The van der Waals surface area contributed by atoms with Crippen LogP contribution in [-0.4, -0.2) is 32.4 Å². The molecule has 1 aromatic heterocycles. The number of carboxylic acids is 1. The average Bonchev–Trinajstić information content (AvgIpc) is 2.73. The van der Waals surface area contributed by atoms with Crippen LogP contribution in [0, 0.1) is 6.92 Å². The van der Waals surface area contributed by atoms with Gasteiger partial charge in [0, 0.05) is 24.5 Å². The first-order chi connectivity index (χ1) is 8.91. The lowest BCUT2D eigenvalue weighted by Crippen LogP contribution is -2.54. The maximum absolute atomic E-state index is 11.6. The van der Waals surface area contributed by atoms with Crippen LogP contribution in [0.3, 0.4) is 0 Å². The number of aryl methyl sites for hydroxylation is 2. The van der Waals surface area contributed by atoms with Gasteiger partial charge in [-0.05, 0) is 46.1 Å². The van der Waals surface area contributed by atoms with Crippen LogP contribution in [0.2, 0.25) is 0 Å². The van der Waals surface area contributed by atoms with Gasteiger partial charge in [0.05, 0.1) is 0 Å². The predicted molar refractivity (Wildman–Crippen MR) is 75.1 cm³/mol. The number of carboxylic acid groups (broad SMARTS) is 1. The minimum atomic E-state index is -0.824. The van der Waals surface area contributed by atoms with E-state index in [1.165, 1.54) is 0 Å². The van der Waals surface area contributed by atoms with Crippen LogP contribution in [0.15, 0.2) is 12.3 Å². The van der Waals surface area contributed by atoms with Gasteiger partial charge in [0.2, 0.25) is 0 Å². The van der Waals surface area contributed by atoms with Crippen molar-refractivity contribution < 1.29 is 9.90 Å². The number of aromatic nitrogens is 2. The van der Waals surface area contributed by atoms with Crippen LogP contribution in [0.5, 0.6) is 0 Å². The molecule has 0 amide bonds. The van der Waals surface area contributed by atoms with Gasteiger partial charge >= 0.3 is 5.97 Å². The SMILES string of the molecule is CCC(CCCn1nccc1C)(NC(C)C)C(=O)O. The van der Waals surface area contributed by atoms with Crippen LogP contribution in [0.25, 0.3) is 0 Å². The first kappa shape index (κ1) is 15.7. The van der Waals surface area contributed by atoms with Crippen molar-refractivity contribution in [1.29, 1.82) is 0 Å². The molecule has 0 saturated heterocycles. The molecule has 2 N–H and O–H groups in total. The van der Waals surface area contributed by atoms with Gasteiger partial charge in [0.1, 0.15) is 5.54 Å². The zero-order chi connectivity index (χ0) is 14.5. The molecule has 1 rings (SSSR count). The Bertz CT molecular complexity index is 415. The van der Waals surface area contributed by atoms with Crippen molar-refractivity contribution in [2.24, 2.45) is 0 Å². The first-order valence-corrected chi connectivity index (χ1v) is 6.91. The van der Waals surface area contributed by atoms with Crippen molar-refractivity contribution in [3.8, 4) is 0 Å². The Labute approximate surface area is 115 Å². The van der Waals surface area contributed by atoms with Crippen molar-refractivity contribution in [3.63, 3.8) is 0 Å². The molecule has 0 radical (unpaired) electrons. The van der Waals surface area contributed by atoms with E-state index in [1.54, 1.807) is 6.20 Å². The molecule has 5 heteroatoms. The lowest BCUT2D eigenvalue weighted by atomic mass is 9.89. The van der Waals surface area contributed by atoms with Gasteiger partial charge in [0.15, 0.2) is 0 Å². The van der Waals surface area contributed by atoms with Crippen LogP contribution in [0.4, 0.5) is 0 Å². The third-order valence-electron chi connectivity index (χ3n) is 3.48. The molecule has 1 unspecified atom stereocenters. The van der Waals surface area contributed by atoms with E-state index in [0.717, 1.165) is 18.7 Å². The van der Waals surface area contributed by atoms with E-state index < -0.39 is 11.5 Å². The summed E-state index contributed by atoms with van der Waals surface area (Å²) >= 11 is 0. The van der Waals surface area contributed by atoms with E-state index in [2.05, 4.69) is 10.4 Å². The Morgan fingerprint density at radius 3 is 2.68 bits per heavy atom. The van der Waals surface area contributed by atoms with Gasteiger partial charge in [-0.2, -0.15) is 5.10 Å². The zero-order valence-corrected chi connectivity index (χ0v) is 12.3. The smallest absolute Gasteiger partial charge is 0.323 e. The summed E-state index contributed by atoms with van der Waals surface area (Å²) in [6.45, 7) is 8.63. The minimum Gasteiger partial charge on any atom is -0.480 e. The highest BCUT2D eigenvalue weighted by molar-refractivity contribution is 5.78. The summed E-state index contributed by atoms with van der Waals surface area (Å²) in [5.74, 6) is -0.763. The normalized spacial score (nSPS) is 14.6. The fourth-order valence-corrected chi connectivity index (χ4v) is 2.39. The summed E-state index contributed by atoms with van der Waals surface area (Å²) in [5.41, 5.74) is 0.282. The number of rotatable bonds is 8. The topological polar surface area (TPSA) is 67.2 Å². The second-order valence-corrected chi connectivity index (χ2v) is 5.34. The standard InChI is InChI=1S/C14H25N3O2/c1-5-14(13(18)19,16-11(2)3)8-6-10-17-12(4)7-9-15-17/h7,9,11,16H,5-6,8,10H2,1-4H3,(H,18,19). The maximum Gasteiger partial charge on any atom is 0.323 e. The Morgan fingerprint density at radius 2 is 2.26 bits per heavy atom. The van der Waals surface area contributed by atoms with E-state index in [4.69, 9.17) is 0 Å². The molecular formula is C14H25N3O2. The van der Waals surface area contributed by atoms with E-state index in [0.29, 0.717) is 12.8 Å². The summed E-state index contributed by atoms with van der Waals surface area (Å²) in [6, 6.07) is 2.11. The number of nitrogens with zero attached hydrogens (tertiary/aromatic N) is 2. The number of nitrogens with one attached hydrogen (secondary N) is 1. The van der Waals surface area contributed by atoms with Gasteiger partial charge in [-0.1, -0.05) is 6.92 Å². The summed E-state index contributed by atoms with van der Waals surface area (Å²) in [4.78, 5) is 11.6. The van der Waals surface area contributed by atoms with Gasteiger partial charge < -0.3 is 5.11 Å². The number of aliphatic carboxylic acids is 1. The molecule has 1 atom stereocenters. The maximum atomic E-state index is 11.6. The predicted octanol–water partition coefficient (Wildman–Crippen LogP) is 2.20. The zero-order valence-electron chi connectivity index (χ0n) is 12.3. The largest absolute Gasteiger partial charge is 0.480 e. The molecule has 0 aromatic carbocycles. The van der Waals surface area contributed by atoms with E-state index in [9.17, 15) is 9.90 Å². The van der Waals surface area contributed by atoms with Gasteiger partial charge in [0.25, 0.3) is 0 Å². The number of hydrogen-bond acceptors (Lipinski definition) is 3. The Hall–Kier alpha value is -1.36. The van der Waals surface area contributed by atoms with E-state index in [1.807, 2.05) is 38.4 Å². The second kappa shape index (κ2) is 6.70. The molecule has 0 bridgehead atoms. The summed E-state index contributed by atoms with van der Waals surface area (Å²) in [5, 5.41) is 16.9. The highest BCUT2D eigenvalue weighted by Crippen LogP contribution is 2.20. The lowest BCUT2D eigenvalue weighted by Gasteiger charge is -2.31. The van der Waals surface area contributed by atoms with Crippen molar-refractivity contribution in [1.82, 2.24) is 15.1 Å². The van der Waals surface area contributed by atoms with Crippen LogP contribution in [-0.2, 0) is 11.3 Å². The Balaban J connectivity index is 2.63. The molecule has 0 saturated carbocycles. The molecule has 1 aromatic rings. The third-order valence-corrected chi connectivity index (χ3v) is 3.48. The highest BCUT2D eigenvalue weighted by atomic mass is 16.4. The molecule has 1 heterocycles. The van der Waals surface area contributed by atoms with Crippen molar-refractivity contribution in [2.75, 3.05) is 0 Å². The average molecular weight is 267 g/mol. The van der Waals surface area contributed by atoms with Crippen molar-refractivity contribution >= 4 is 5.97 Å². The van der Waals surface area contributed by atoms with Crippen molar-refractivity contribution in [3.05, 3.63) is 18.0 Å². The fourth-order valence-electron chi connectivity index (χ4n) is 2.39. The summed E-state index contributed by atoms with van der Waals surface area (Å²) < 4.78 is 1.91. The lowest BCUT2D eigenvalue weighted by molar-refractivity contribution is -0.145. The molecule has 19 heavy (non-hydrogen) atoms. The Morgan fingerprint density at radius 1 is 1.58 bits per heavy atom. The molecular weight excluding hydrogens is 242 g/mol. The number of hydrogen-bond donors (Lipinski definition) is 2. The third kappa shape index (κ3) is 4.06. The first-order valence-electron chi connectivity index (χ1n) is 6.91. The molecule has 0 aliphatic rings. The fraction of sp³-hybridized carbons (Fsp3) is 0.714. The monoisotopic (exact) mass is 267 g/mol.